The van der Waals surface area contributed by atoms with Crippen LogP contribution in [0.5, 0.6) is 0 Å². The fourth-order valence-corrected chi connectivity index (χ4v) is 31.3. The summed E-state index contributed by atoms with van der Waals surface area (Å²) in [5.41, 5.74) is 0. The van der Waals surface area contributed by atoms with Crippen LogP contribution in [0.4, 0.5) is 0 Å². The normalized spacial score (nSPS) is 20.6. The first-order valence-electron chi connectivity index (χ1n) is 9.93. The first-order valence-corrected chi connectivity index (χ1v) is 16.5. The average molecular weight is 403 g/mol. The molecule has 0 fully saturated rings. The number of rotatable bonds is 12. The molecule has 0 bridgehead atoms. The predicted molar refractivity (Wildman–Crippen MR) is 103 cm³/mol. The Hall–Kier alpha value is 0.799. The molecule has 0 aliphatic rings. The van der Waals surface area contributed by atoms with Gasteiger partial charge in [0.25, 0.3) is 0 Å². The van der Waals surface area contributed by atoms with Crippen LogP contribution in [-0.2, 0) is 0 Å². The molecule has 0 saturated carbocycles. The molecular formula is C20H44Sn. The molecule has 0 rings (SSSR count). The van der Waals surface area contributed by atoms with E-state index < -0.39 is 18.4 Å². The Kier molecular flexibility index (Phi) is 11.8. The molecule has 128 valence electrons. The molecule has 0 amide bonds. The third-order valence-corrected chi connectivity index (χ3v) is 29.1. The van der Waals surface area contributed by atoms with Crippen LogP contribution in [0.25, 0.3) is 0 Å². The Morgan fingerprint density at radius 2 is 0.667 bits per heavy atom. The number of hydrogen-bond acceptors (Lipinski definition) is 0. The first kappa shape index (κ1) is 21.8. The van der Waals surface area contributed by atoms with Crippen molar-refractivity contribution >= 4 is 18.4 Å². The molecule has 0 nitrogen and oxygen atoms in total. The third kappa shape index (κ3) is 5.43. The quantitative estimate of drug-likeness (QED) is 0.288. The van der Waals surface area contributed by atoms with Crippen molar-refractivity contribution in [2.75, 3.05) is 0 Å². The van der Waals surface area contributed by atoms with E-state index in [1.165, 1.54) is 51.4 Å². The van der Waals surface area contributed by atoms with Gasteiger partial charge in [-0.05, 0) is 0 Å². The van der Waals surface area contributed by atoms with Gasteiger partial charge in [0, 0.05) is 0 Å². The zero-order valence-electron chi connectivity index (χ0n) is 16.5. The predicted octanol–water partition coefficient (Wildman–Crippen LogP) is 8.20. The molecule has 0 aromatic heterocycles. The van der Waals surface area contributed by atoms with Gasteiger partial charge >= 0.3 is 141 Å². The number of hydrogen-bond donors (Lipinski definition) is 0. The van der Waals surface area contributed by atoms with E-state index in [4.69, 9.17) is 0 Å². The summed E-state index contributed by atoms with van der Waals surface area (Å²) in [6.45, 7) is 20.2. The summed E-state index contributed by atoms with van der Waals surface area (Å²) >= 11 is -2.23. The fraction of sp³-hybridized carbons (Fsp3) is 1.00. The molecule has 1 heteroatoms. The zero-order chi connectivity index (χ0) is 16.5. The summed E-state index contributed by atoms with van der Waals surface area (Å²) < 4.78 is 4.26. The van der Waals surface area contributed by atoms with Gasteiger partial charge in [-0.1, -0.05) is 0 Å². The van der Waals surface area contributed by atoms with Crippen LogP contribution in [0.1, 0.15) is 107 Å². The maximum absolute atomic E-state index is 2.66. The summed E-state index contributed by atoms with van der Waals surface area (Å²) in [4.78, 5) is 0. The van der Waals surface area contributed by atoms with Crippen molar-refractivity contribution in [3.63, 3.8) is 0 Å². The van der Waals surface area contributed by atoms with Gasteiger partial charge in [-0.3, -0.25) is 0 Å². The van der Waals surface area contributed by atoms with Gasteiger partial charge in [0.2, 0.25) is 0 Å². The summed E-state index contributed by atoms with van der Waals surface area (Å²) in [6, 6.07) is 0. The van der Waals surface area contributed by atoms with E-state index in [0.29, 0.717) is 0 Å². The maximum atomic E-state index is 2.66. The van der Waals surface area contributed by atoms with Crippen LogP contribution in [-0.4, -0.2) is 18.4 Å². The van der Waals surface area contributed by atoms with Gasteiger partial charge in [0.15, 0.2) is 0 Å². The van der Waals surface area contributed by atoms with Gasteiger partial charge in [-0.15, -0.1) is 0 Å². The van der Waals surface area contributed by atoms with Crippen molar-refractivity contribution in [1.29, 1.82) is 0 Å². The van der Waals surface area contributed by atoms with Gasteiger partial charge in [0.1, 0.15) is 0 Å². The Labute approximate surface area is 140 Å². The SMILES string of the molecule is CCC[CH](C)[Sn]([CH](C)CCC)([CH](C)CCC)[CH](C)CCC. The molecule has 0 radical (unpaired) electrons. The zero-order valence-corrected chi connectivity index (χ0v) is 19.3. The molecule has 0 heterocycles. The molecule has 0 aromatic rings. The van der Waals surface area contributed by atoms with Crippen LogP contribution in [0.15, 0.2) is 0 Å². The molecule has 4 unspecified atom stereocenters. The molecule has 0 N–H and O–H groups in total. The molecule has 4 atom stereocenters. The Balaban J connectivity index is 5.67. The van der Waals surface area contributed by atoms with Gasteiger partial charge in [0.05, 0.1) is 0 Å². The molecule has 21 heavy (non-hydrogen) atoms. The molecular weight excluding hydrogens is 359 g/mol. The van der Waals surface area contributed by atoms with E-state index in [0.717, 1.165) is 15.7 Å². The third-order valence-electron chi connectivity index (χ3n) is 6.30. The Morgan fingerprint density at radius 3 is 0.810 bits per heavy atom. The fourth-order valence-electron chi connectivity index (χ4n) is 5.65. The van der Waals surface area contributed by atoms with Crippen molar-refractivity contribution in [3.05, 3.63) is 0 Å². The van der Waals surface area contributed by atoms with E-state index in [1.807, 2.05) is 0 Å². The van der Waals surface area contributed by atoms with Gasteiger partial charge < -0.3 is 0 Å². The summed E-state index contributed by atoms with van der Waals surface area (Å²) in [7, 11) is 0. The molecule has 0 spiro atoms. The monoisotopic (exact) mass is 404 g/mol. The Bertz CT molecular complexity index is 195. The molecule has 0 aliphatic heterocycles. The van der Waals surface area contributed by atoms with Crippen molar-refractivity contribution in [2.45, 2.75) is 122 Å². The van der Waals surface area contributed by atoms with E-state index in [2.05, 4.69) is 55.4 Å². The minimum atomic E-state index is -2.23. The van der Waals surface area contributed by atoms with E-state index in [9.17, 15) is 0 Å². The van der Waals surface area contributed by atoms with Crippen molar-refractivity contribution in [3.8, 4) is 0 Å². The Morgan fingerprint density at radius 1 is 0.476 bits per heavy atom. The summed E-state index contributed by atoms with van der Waals surface area (Å²) in [6.07, 6.45) is 11.5. The van der Waals surface area contributed by atoms with Crippen LogP contribution in [0.2, 0.25) is 15.7 Å². The second-order valence-corrected chi connectivity index (χ2v) is 24.7. The van der Waals surface area contributed by atoms with Crippen LogP contribution >= 0.6 is 0 Å². The second-order valence-electron chi connectivity index (χ2n) is 7.76. The van der Waals surface area contributed by atoms with Gasteiger partial charge in [-0.25, -0.2) is 0 Å². The van der Waals surface area contributed by atoms with Crippen molar-refractivity contribution < 1.29 is 0 Å². The van der Waals surface area contributed by atoms with Gasteiger partial charge in [-0.2, -0.15) is 0 Å². The van der Waals surface area contributed by atoms with Crippen molar-refractivity contribution in [1.82, 2.24) is 0 Å². The van der Waals surface area contributed by atoms with E-state index >= 15 is 0 Å². The topological polar surface area (TPSA) is 0 Å². The van der Waals surface area contributed by atoms with Crippen LogP contribution in [0, 0.1) is 0 Å². The first-order chi connectivity index (χ1) is 9.93. The molecule has 0 aromatic carbocycles. The second kappa shape index (κ2) is 11.4. The van der Waals surface area contributed by atoms with Crippen LogP contribution in [0.3, 0.4) is 0 Å². The van der Waals surface area contributed by atoms with E-state index in [-0.39, 0.29) is 0 Å². The van der Waals surface area contributed by atoms with Crippen molar-refractivity contribution in [2.24, 2.45) is 0 Å². The summed E-state index contributed by atoms with van der Waals surface area (Å²) in [5, 5.41) is 0. The molecule has 0 aliphatic carbocycles. The summed E-state index contributed by atoms with van der Waals surface area (Å²) in [5.74, 6) is 0. The molecule has 0 saturated heterocycles. The average Bonchev–Trinajstić information content (AvgIpc) is 2.40. The minimum absolute atomic E-state index is 1.06. The van der Waals surface area contributed by atoms with Crippen LogP contribution < -0.4 is 0 Å². The standard InChI is InChI=1S/4C5H11.Sn/c4*1-3-5-4-2;/h4*3H,4-5H2,1-2H3;. The van der Waals surface area contributed by atoms with E-state index in [1.54, 1.807) is 0 Å².